The Hall–Kier alpha value is -2.69. The molecule has 1 atom stereocenters. The van der Waals surface area contributed by atoms with E-state index in [2.05, 4.69) is 15.3 Å². The molecule has 0 aliphatic heterocycles. The minimum Gasteiger partial charge on any atom is -0.350 e. The van der Waals surface area contributed by atoms with Crippen molar-refractivity contribution in [1.29, 1.82) is 0 Å². The van der Waals surface area contributed by atoms with E-state index < -0.39 is 0 Å². The minimum atomic E-state index is -0.0712. The van der Waals surface area contributed by atoms with Crippen molar-refractivity contribution >= 4 is 16.8 Å². The second-order valence-electron chi connectivity index (χ2n) is 5.85. The van der Waals surface area contributed by atoms with Gasteiger partial charge in [0.1, 0.15) is 0 Å². The maximum absolute atomic E-state index is 12.6. The number of amides is 1. The van der Waals surface area contributed by atoms with Crippen LogP contribution in [-0.2, 0) is 0 Å². The number of imidazole rings is 1. The normalized spacial score (nSPS) is 12.3. The van der Waals surface area contributed by atoms with Crippen molar-refractivity contribution in [2.45, 2.75) is 26.8 Å². The molecule has 0 bridgehead atoms. The molecule has 5 heteroatoms. The van der Waals surface area contributed by atoms with Gasteiger partial charge < -0.3 is 9.88 Å². The van der Waals surface area contributed by atoms with Crippen molar-refractivity contribution in [3.8, 4) is 0 Å². The van der Waals surface area contributed by atoms with Crippen LogP contribution in [0.15, 0.2) is 43.0 Å². The fourth-order valence-corrected chi connectivity index (χ4v) is 2.68. The highest BCUT2D eigenvalue weighted by Gasteiger charge is 2.14. The fourth-order valence-electron chi connectivity index (χ4n) is 2.68. The molecule has 118 valence electrons. The summed E-state index contributed by atoms with van der Waals surface area (Å²) in [6.45, 7) is 6.51. The number of carbonyl (C=O) groups excluding carboxylic acids is 1. The van der Waals surface area contributed by atoms with Crippen LogP contribution in [0.2, 0.25) is 0 Å². The Balaban J connectivity index is 1.85. The molecule has 5 nitrogen and oxygen atoms in total. The van der Waals surface area contributed by atoms with Crippen LogP contribution in [0.4, 0.5) is 0 Å². The molecule has 0 aliphatic rings. The van der Waals surface area contributed by atoms with Gasteiger partial charge in [-0.2, -0.15) is 0 Å². The molecular formula is C18H20N4O. The largest absolute Gasteiger partial charge is 0.350 e. The van der Waals surface area contributed by atoms with Crippen molar-refractivity contribution in [3.63, 3.8) is 0 Å². The zero-order valence-corrected chi connectivity index (χ0v) is 13.6. The lowest BCUT2D eigenvalue weighted by atomic mass is 10.0. The molecule has 0 aliphatic carbocycles. The van der Waals surface area contributed by atoms with Gasteiger partial charge in [-0.15, -0.1) is 0 Å². The highest BCUT2D eigenvalue weighted by molar-refractivity contribution is 6.06. The summed E-state index contributed by atoms with van der Waals surface area (Å²) in [6, 6.07) is 7.91. The number of rotatable bonds is 4. The summed E-state index contributed by atoms with van der Waals surface area (Å²) >= 11 is 0. The van der Waals surface area contributed by atoms with Gasteiger partial charge >= 0.3 is 0 Å². The first kappa shape index (κ1) is 15.2. The average Bonchev–Trinajstić information content (AvgIpc) is 3.07. The van der Waals surface area contributed by atoms with Gasteiger partial charge in [0.2, 0.25) is 0 Å². The molecule has 2 aromatic heterocycles. The zero-order chi connectivity index (χ0) is 16.4. The molecule has 0 radical (unpaired) electrons. The maximum atomic E-state index is 12.6. The Morgan fingerprint density at radius 2 is 2.17 bits per heavy atom. The molecule has 2 heterocycles. The van der Waals surface area contributed by atoms with Crippen molar-refractivity contribution in [3.05, 3.63) is 59.8 Å². The molecule has 0 saturated carbocycles. The van der Waals surface area contributed by atoms with Crippen molar-refractivity contribution < 1.29 is 4.79 Å². The van der Waals surface area contributed by atoms with E-state index in [1.165, 1.54) is 0 Å². The van der Waals surface area contributed by atoms with Crippen LogP contribution in [0.3, 0.4) is 0 Å². The van der Waals surface area contributed by atoms with E-state index in [1.54, 1.807) is 12.5 Å². The van der Waals surface area contributed by atoms with E-state index in [-0.39, 0.29) is 11.9 Å². The molecule has 0 spiro atoms. The van der Waals surface area contributed by atoms with Crippen LogP contribution in [0.25, 0.3) is 10.9 Å². The maximum Gasteiger partial charge on any atom is 0.252 e. The predicted molar refractivity (Wildman–Crippen MR) is 90.5 cm³/mol. The SMILES string of the molecule is Cc1cc(C(=O)NC[C@H](C)n2ccnc2)c2cccc(C)c2n1. The molecular weight excluding hydrogens is 288 g/mol. The molecule has 3 rings (SSSR count). The van der Waals surface area contributed by atoms with Crippen LogP contribution >= 0.6 is 0 Å². The van der Waals surface area contributed by atoms with Crippen molar-refractivity contribution in [2.24, 2.45) is 0 Å². The van der Waals surface area contributed by atoms with Crippen LogP contribution < -0.4 is 5.32 Å². The lowest BCUT2D eigenvalue weighted by Gasteiger charge is -2.15. The van der Waals surface area contributed by atoms with E-state index in [0.29, 0.717) is 12.1 Å². The zero-order valence-electron chi connectivity index (χ0n) is 13.6. The predicted octanol–water partition coefficient (Wildman–Crippen LogP) is 3.04. The summed E-state index contributed by atoms with van der Waals surface area (Å²) in [5, 5.41) is 3.90. The first-order chi connectivity index (χ1) is 11.1. The van der Waals surface area contributed by atoms with Gasteiger partial charge in [0.15, 0.2) is 0 Å². The number of benzene rings is 1. The number of nitrogens with one attached hydrogen (secondary N) is 1. The highest BCUT2D eigenvalue weighted by atomic mass is 16.1. The third-order valence-corrected chi connectivity index (χ3v) is 4.01. The number of para-hydroxylation sites is 1. The third kappa shape index (κ3) is 3.08. The number of pyridine rings is 1. The summed E-state index contributed by atoms with van der Waals surface area (Å²) in [4.78, 5) is 21.2. The average molecular weight is 308 g/mol. The molecule has 0 fully saturated rings. The van der Waals surface area contributed by atoms with E-state index in [9.17, 15) is 4.79 Å². The van der Waals surface area contributed by atoms with Gasteiger partial charge in [-0.25, -0.2) is 4.98 Å². The standard InChI is InChI=1S/C18H20N4O/c1-12-5-4-6-15-16(9-13(2)21-17(12)15)18(23)20-10-14(3)22-8-7-19-11-22/h4-9,11,14H,10H2,1-3H3,(H,20,23)/t14-/m0/s1. The second-order valence-corrected chi connectivity index (χ2v) is 5.85. The summed E-state index contributed by atoms with van der Waals surface area (Å²) in [6.07, 6.45) is 5.39. The summed E-state index contributed by atoms with van der Waals surface area (Å²) in [5.41, 5.74) is 3.49. The topological polar surface area (TPSA) is 59.8 Å². The van der Waals surface area contributed by atoms with E-state index in [1.807, 2.05) is 55.8 Å². The van der Waals surface area contributed by atoms with Crippen LogP contribution in [0.1, 0.15) is 34.6 Å². The molecule has 0 saturated heterocycles. The Morgan fingerprint density at radius 3 is 2.91 bits per heavy atom. The number of hydrogen-bond acceptors (Lipinski definition) is 3. The number of hydrogen-bond donors (Lipinski definition) is 1. The van der Waals surface area contributed by atoms with Gasteiger partial charge in [-0.3, -0.25) is 9.78 Å². The van der Waals surface area contributed by atoms with Crippen LogP contribution in [-0.4, -0.2) is 27.0 Å². The third-order valence-electron chi connectivity index (χ3n) is 4.01. The molecule has 23 heavy (non-hydrogen) atoms. The van der Waals surface area contributed by atoms with Crippen LogP contribution in [0.5, 0.6) is 0 Å². The lowest BCUT2D eigenvalue weighted by Crippen LogP contribution is -2.29. The number of aromatic nitrogens is 3. The molecule has 0 unspecified atom stereocenters. The monoisotopic (exact) mass is 308 g/mol. The second kappa shape index (κ2) is 6.20. The van der Waals surface area contributed by atoms with E-state index >= 15 is 0 Å². The van der Waals surface area contributed by atoms with Gasteiger partial charge in [0.25, 0.3) is 5.91 Å². The summed E-state index contributed by atoms with van der Waals surface area (Å²) < 4.78 is 1.97. The molecule has 3 aromatic rings. The molecule has 1 N–H and O–H groups in total. The van der Waals surface area contributed by atoms with Gasteiger partial charge in [0.05, 0.1) is 17.4 Å². The smallest absolute Gasteiger partial charge is 0.252 e. The van der Waals surface area contributed by atoms with Crippen LogP contribution in [0, 0.1) is 13.8 Å². The Labute approximate surface area is 135 Å². The van der Waals surface area contributed by atoms with Gasteiger partial charge in [0, 0.05) is 36.1 Å². The van der Waals surface area contributed by atoms with Crippen molar-refractivity contribution in [1.82, 2.24) is 19.9 Å². The number of nitrogens with zero attached hydrogens (tertiary/aromatic N) is 3. The number of aryl methyl sites for hydroxylation is 2. The van der Waals surface area contributed by atoms with Gasteiger partial charge in [-0.05, 0) is 32.4 Å². The quantitative estimate of drug-likeness (QED) is 0.806. The minimum absolute atomic E-state index is 0.0712. The van der Waals surface area contributed by atoms with E-state index in [4.69, 9.17) is 0 Å². The lowest BCUT2D eigenvalue weighted by molar-refractivity contribution is 0.0950. The highest BCUT2D eigenvalue weighted by Crippen LogP contribution is 2.21. The number of carbonyl (C=O) groups is 1. The Bertz CT molecular complexity index is 840. The van der Waals surface area contributed by atoms with Gasteiger partial charge in [-0.1, -0.05) is 18.2 Å². The Kier molecular flexibility index (Phi) is 4.10. The van der Waals surface area contributed by atoms with E-state index in [0.717, 1.165) is 22.2 Å². The number of fused-ring (bicyclic) bond motifs is 1. The van der Waals surface area contributed by atoms with Crippen molar-refractivity contribution in [2.75, 3.05) is 6.54 Å². The Morgan fingerprint density at radius 1 is 1.35 bits per heavy atom. The molecule has 1 amide bonds. The summed E-state index contributed by atoms with van der Waals surface area (Å²) in [5.74, 6) is -0.0712. The fraction of sp³-hybridized carbons (Fsp3) is 0.278. The first-order valence-corrected chi connectivity index (χ1v) is 7.69. The first-order valence-electron chi connectivity index (χ1n) is 7.69. The summed E-state index contributed by atoms with van der Waals surface area (Å²) in [7, 11) is 0. The molecule has 1 aromatic carbocycles.